The quantitative estimate of drug-likeness (QED) is 0.112. The molecule has 0 saturated carbocycles. The lowest BCUT2D eigenvalue weighted by Crippen LogP contribution is -2.42. The molecule has 9 rings (SSSR count). The number of fused-ring (bicyclic) bond motifs is 4. The van der Waals surface area contributed by atoms with Crippen molar-refractivity contribution in [3.63, 3.8) is 0 Å². The molecule has 0 N–H and O–H groups in total. The van der Waals surface area contributed by atoms with Crippen LogP contribution in [0.25, 0.3) is 44.3 Å². The van der Waals surface area contributed by atoms with Gasteiger partial charge in [0.15, 0.2) is 5.82 Å². The average Bonchev–Trinajstić information content (AvgIpc) is 4.03. The van der Waals surface area contributed by atoms with E-state index in [1.165, 1.54) is 0 Å². The van der Waals surface area contributed by atoms with Crippen LogP contribution in [0.3, 0.4) is 0 Å². The number of amides is 2. The molecule has 6 heterocycles. The zero-order valence-electron chi connectivity index (χ0n) is 37.3. The third-order valence-corrected chi connectivity index (χ3v) is 13.3. The highest BCUT2D eigenvalue weighted by atomic mass is 35.5. The number of aromatic nitrogens is 8. The van der Waals surface area contributed by atoms with Gasteiger partial charge in [0.2, 0.25) is 5.91 Å². The van der Waals surface area contributed by atoms with E-state index in [-0.39, 0.29) is 24.4 Å². The number of pyridine rings is 1. The smallest absolute Gasteiger partial charge is 0.275 e. The topological polar surface area (TPSA) is 121 Å². The van der Waals surface area contributed by atoms with E-state index in [0.29, 0.717) is 54.8 Å². The summed E-state index contributed by atoms with van der Waals surface area (Å²) in [6, 6.07) is 19.5. The Morgan fingerprint density at radius 1 is 0.938 bits per heavy atom. The van der Waals surface area contributed by atoms with Gasteiger partial charge in [0.1, 0.15) is 24.3 Å². The van der Waals surface area contributed by atoms with E-state index in [2.05, 4.69) is 21.5 Å². The molecular formula is C49H50Cl2N10O3. The lowest BCUT2D eigenvalue weighted by Gasteiger charge is -2.34. The van der Waals surface area contributed by atoms with Crippen molar-refractivity contribution in [2.45, 2.75) is 66.6 Å². The number of halogens is 2. The maximum Gasteiger partial charge on any atom is 0.275 e. The zero-order valence-corrected chi connectivity index (χ0v) is 38.8. The van der Waals surface area contributed by atoms with E-state index in [4.69, 9.17) is 38.1 Å². The predicted octanol–water partition coefficient (Wildman–Crippen LogP) is 9.56. The third kappa shape index (κ3) is 7.60. The van der Waals surface area contributed by atoms with E-state index >= 15 is 4.79 Å². The van der Waals surface area contributed by atoms with Gasteiger partial charge in [-0.05, 0) is 113 Å². The number of carbonyl (C=O) groups is 2. The van der Waals surface area contributed by atoms with Crippen LogP contribution in [0.15, 0.2) is 79.4 Å². The summed E-state index contributed by atoms with van der Waals surface area (Å²) in [6.45, 7) is 11.5. The second kappa shape index (κ2) is 16.9. The summed E-state index contributed by atoms with van der Waals surface area (Å²) < 4.78 is 14.1. The monoisotopic (exact) mass is 896 g/mol. The second-order valence-corrected chi connectivity index (χ2v) is 17.8. The number of aryl methyl sites for hydroxylation is 5. The van der Waals surface area contributed by atoms with Crippen molar-refractivity contribution < 1.29 is 14.3 Å². The summed E-state index contributed by atoms with van der Waals surface area (Å²) in [5.74, 6) is 1.09. The van der Waals surface area contributed by atoms with Crippen molar-refractivity contribution >= 4 is 62.5 Å². The van der Waals surface area contributed by atoms with Crippen LogP contribution in [0.4, 0.5) is 5.69 Å². The lowest BCUT2D eigenvalue weighted by atomic mass is 9.98. The molecular weight excluding hydrogens is 848 g/mol. The summed E-state index contributed by atoms with van der Waals surface area (Å²) in [4.78, 5) is 41.4. The number of nitrogens with zero attached hydrogens (tertiary/aromatic N) is 10. The van der Waals surface area contributed by atoms with Gasteiger partial charge in [0.25, 0.3) is 5.91 Å². The molecule has 1 aliphatic heterocycles. The molecule has 0 aliphatic carbocycles. The largest absolute Gasteiger partial charge is 0.494 e. The first kappa shape index (κ1) is 42.8. The fourth-order valence-electron chi connectivity index (χ4n) is 9.15. The molecule has 0 spiro atoms. The number of ether oxygens (including phenoxy) is 1. The van der Waals surface area contributed by atoms with Crippen molar-refractivity contribution in [1.29, 1.82) is 0 Å². The molecule has 64 heavy (non-hydrogen) atoms. The fourth-order valence-corrected chi connectivity index (χ4v) is 9.50. The number of rotatable bonds is 12. The molecule has 3 aromatic carbocycles. The number of benzene rings is 3. The highest BCUT2D eigenvalue weighted by molar-refractivity contribution is 6.35. The van der Waals surface area contributed by atoms with Crippen molar-refractivity contribution in [2.75, 3.05) is 32.1 Å². The van der Waals surface area contributed by atoms with Gasteiger partial charge in [0.05, 0.1) is 46.3 Å². The number of carbonyl (C=O) groups excluding carboxylic acids is 2. The van der Waals surface area contributed by atoms with Crippen LogP contribution in [-0.2, 0) is 31.4 Å². The van der Waals surface area contributed by atoms with Crippen LogP contribution in [0.1, 0.15) is 63.6 Å². The number of anilines is 1. The maximum absolute atomic E-state index is 15.6. The standard InChI is InChI=1S/C49H50Cl2N10O3/c1-28-20-35(21-29(2)45(28)51)64-19-11-13-36-37-15-16-39(50)44(43-31(4)54-57(8)32(43)5)46(37)61-30(3)23-60(49(63)47(36)61)41-25-58(26-42(62)56(6)7)40-17-14-33(22-38(40)41)48-53-27-59(55-48)24-34-12-9-10-18-52-34/h9-10,12,14-18,20-22,25,27,30H,11,13,19,23-24,26H2,1-8H3. The minimum Gasteiger partial charge on any atom is -0.494 e. The summed E-state index contributed by atoms with van der Waals surface area (Å²) in [6.07, 6.45) is 6.60. The van der Waals surface area contributed by atoms with Crippen molar-refractivity contribution in [3.8, 4) is 28.3 Å². The minimum atomic E-state index is -0.177. The average molecular weight is 898 g/mol. The van der Waals surface area contributed by atoms with E-state index in [9.17, 15) is 4.79 Å². The van der Waals surface area contributed by atoms with Gasteiger partial charge in [-0.1, -0.05) is 35.3 Å². The zero-order chi connectivity index (χ0) is 45.1. The first-order chi connectivity index (χ1) is 30.7. The van der Waals surface area contributed by atoms with E-state index < -0.39 is 0 Å². The minimum absolute atomic E-state index is 0.0697. The Hall–Kier alpha value is -6.44. The summed E-state index contributed by atoms with van der Waals surface area (Å²) >= 11 is 13.7. The SMILES string of the molecule is Cc1cc(OCCCc2c3n(c4c(-c5c(C)nn(C)c5C)c(Cl)ccc24)C(C)CN(c2cn(CC(=O)N(C)C)c4ccc(-c5ncn(Cc6ccccn6)n5)cc24)C3=O)cc(C)c1Cl. The van der Waals surface area contributed by atoms with Crippen LogP contribution in [0, 0.1) is 27.7 Å². The third-order valence-electron chi connectivity index (χ3n) is 12.4. The van der Waals surface area contributed by atoms with Crippen molar-refractivity contribution in [2.24, 2.45) is 7.05 Å². The predicted molar refractivity (Wildman–Crippen MR) is 253 cm³/mol. The molecule has 0 saturated heterocycles. The van der Waals surface area contributed by atoms with Gasteiger partial charge >= 0.3 is 0 Å². The molecule has 2 amide bonds. The molecule has 0 fully saturated rings. The highest BCUT2D eigenvalue weighted by Crippen LogP contribution is 2.46. The van der Waals surface area contributed by atoms with Crippen LogP contribution in [-0.4, -0.2) is 82.6 Å². The Kier molecular flexibility index (Phi) is 11.3. The Balaban J connectivity index is 1.16. The van der Waals surface area contributed by atoms with Crippen LogP contribution in [0.5, 0.6) is 5.75 Å². The summed E-state index contributed by atoms with van der Waals surface area (Å²) in [5.41, 5.74) is 11.2. The summed E-state index contributed by atoms with van der Waals surface area (Å²) in [7, 11) is 5.42. The molecule has 13 nitrogen and oxygen atoms in total. The maximum atomic E-state index is 15.6. The summed E-state index contributed by atoms with van der Waals surface area (Å²) in [5, 5.41) is 12.7. The van der Waals surface area contributed by atoms with Gasteiger partial charge in [0, 0.05) is 84.3 Å². The van der Waals surface area contributed by atoms with Crippen molar-refractivity contribution in [3.05, 3.63) is 129 Å². The van der Waals surface area contributed by atoms with Gasteiger partial charge < -0.3 is 23.7 Å². The number of hydrogen-bond acceptors (Lipinski definition) is 7. The van der Waals surface area contributed by atoms with Crippen LogP contribution < -0.4 is 9.64 Å². The first-order valence-electron chi connectivity index (χ1n) is 21.4. The van der Waals surface area contributed by atoms with E-state index in [1.54, 1.807) is 36.2 Å². The van der Waals surface area contributed by atoms with Crippen LogP contribution in [0.2, 0.25) is 10.0 Å². The number of likely N-dealkylation sites (N-methyl/N-ethyl adjacent to an activating group) is 1. The molecule has 1 unspecified atom stereocenters. The lowest BCUT2D eigenvalue weighted by molar-refractivity contribution is -0.129. The Morgan fingerprint density at radius 3 is 2.42 bits per heavy atom. The Morgan fingerprint density at radius 2 is 1.72 bits per heavy atom. The molecule has 1 aliphatic rings. The molecule has 8 aromatic rings. The number of hydrogen-bond donors (Lipinski definition) is 0. The fraction of sp³-hybridized carbons (Fsp3) is 0.306. The molecule has 0 radical (unpaired) electrons. The Labute approximate surface area is 381 Å². The molecule has 15 heteroatoms. The highest BCUT2D eigenvalue weighted by Gasteiger charge is 2.38. The molecule has 5 aromatic heterocycles. The Bertz CT molecular complexity index is 3100. The van der Waals surface area contributed by atoms with Crippen LogP contribution >= 0.6 is 23.2 Å². The van der Waals surface area contributed by atoms with E-state index in [1.807, 2.05) is 116 Å². The van der Waals surface area contributed by atoms with Gasteiger partial charge in [-0.2, -0.15) is 10.2 Å². The second-order valence-electron chi connectivity index (χ2n) is 17.0. The van der Waals surface area contributed by atoms with E-state index in [0.717, 1.165) is 83.0 Å². The molecule has 328 valence electrons. The van der Waals surface area contributed by atoms with Crippen molar-refractivity contribution in [1.82, 2.24) is 43.6 Å². The molecule has 1 atom stereocenters. The molecule has 0 bridgehead atoms. The normalized spacial score (nSPS) is 13.9. The van der Waals surface area contributed by atoms with Gasteiger partial charge in [-0.3, -0.25) is 19.3 Å². The van der Waals surface area contributed by atoms with Gasteiger partial charge in [-0.15, -0.1) is 0 Å². The first-order valence-corrected chi connectivity index (χ1v) is 22.2. The van der Waals surface area contributed by atoms with Gasteiger partial charge in [-0.25, -0.2) is 9.67 Å².